The van der Waals surface area contributed by atoms with Crippen molar-refractivity contribution < 1.29 is 9.16 Å². The van der Waals surface area contributed by atoms with Crippen LogP contribution in [0.3, 0.4) is 0 Å². The average molecular weight is 291 g/mol. The molecule has 2 nitrogen and oxygen atoms in total. The van der Waals surface area contributed by atoms with Crippen LogP contribution in [0.1, 0.15) is 44.2 Å². The summed E-state index contributed by atoms with van der Waals surface area (Å²) in [5.74, 6) is 1.83. The number of unbranched alkanes of at least 4 members (excludes halogenated alkanes) is 1. The third-order valence-corrected chi connectivity index (χ3v) is 3.65. The highest BCUT2D eigenvalue weighted by Gasteiger charge is 2.15. The van der Waals surface area contributed by atoms with Crippen LogP contribution in [0.5, 0.6) is 11.5 Å². The predicted molar refractivity (Wildman–Crippen MR) is 89.0 cm³/mol. The number of hydrogen-bond acceptors (Lipinski definition) is 2. The van der Waals surface area contributed by atoms with E-state index in [0.29, 0.717) is 0 Å². The molecule has 0 aromatic heterocycles. The Morgan fingerprint density at radius 2 is 1.95 bits per heavy atom. The molecule has 111 valence electrons. The molecule has 1 aromatic carbocycles. The van der Waals surface area contributed by atoms with Crippen molar-refractivity contribution in [2.45, 2.75) is 52.6 Å². The Bertz CT molecular complexity index is 427. The SMILES string of the molecule is C=Cc1ccc(O[Si](C)C)c(OCCC)c1CCCC. The van der Waals surface area contributed by atoms with Crippen LogP contribution >= 0.6 is 0 Å². The number of rotatable bonds is 9. The third kappa shape index (κ3) is 4.71. The van der Waals surface area contributed by atoms with E-state index in [1.54, 1.807) is 0 Å². The van der Waals surface area contributed by atoms with Crippen LogP contribution in [0.15, 0.2) is 18.7 Å². The summed E-state index contributed by atoms with van der Waals surface area (Å²) < 4.78 is 12.0. The molecular weight excluding hydrogens is 264 g/mol. The van der Waals surface area contributed by atoms with E-state index in [4.69, 9.17) is 9.16 Å². The predicted octanol–water partition coefficient (Wildman–Crippen LogP) is 5.09. The van der Waals surface area contributed by atoms with E-state index < -0.39 is 9.04 Å². The zero-order valence-electron chi connectivity index (χ0n) is 13.3. The molecule has 0 atom stereocenters. The molecule has 0 N–H and O–H groups in total. The van der Waals surface area contributed by atoms with Gasteiger partial charge in [-0.3, -0.25) is 0 Å². The molecule has 0 aliphatic rings. The summed E-state index contributed by atoms with van der Waals surface area (Å²) >= 11 is 0. The number of hydrogen-bond donors (Lipinski definition) is 0. The molecular formula is C17H27O2Si. The van der Waals surface area contributed by atoms with E-state index in [1.807, 2.05) is 12.1 Å². The molecule has 0 amide bonds. The minimum Gasteiger partial charge on any atom is -0.540 e. The van der Waals surface area contributed by atoms with Gasteiger partial charge in [0.05, 0.1) is 6.61 Å². The fourth-order valence-electron chi connectivity index (χ4n) is 2.09. The Morgan fingerprint density at radius 1 is 1.20 bits per heavy atom. The maximum atomic E-state index is 6.01. The maximum Gasteiger partial charge on any atom is 0.274 e. The van der Waals surface area contributed by atoms with E-state index >= 15 is 0 Å². The lowest BCUT2D eigenvalue weighted by Gasteiger charge is -2.19. The zero-order chi connectivity index (χ0) is 15.0. The van der Waals surface area contributed by atoms with Crippen molar-refractivity contribution in [2.75, 3.05) is 6.61 Å². The van der Waals surface area contributed by atoms with Gasteiger partial charge in [-0.1, -0.05) is 39.0 Å². The summed E-state index contributed by atoms with van der Waals surface area (Å²) in [6, 6.07) is 4.12. The van der Waals surface area contributed by atoms with Crippen molar-refractivity contribution in [3.8, 4) is 11.5 Å². The molecule has 1 aromatic rings. The first-order valence-corrected chi connectivity index (χ1v) is 9.93. The first-order chi connectivity index (χ1) is 9.63. The van der Waals surface area contributed by atoms with Gasteiger partial charge in [-0.05, 0) is 44.0 Å². The molecule has 0 spiro atoms. The Balaban J connectivity index is 3.19. The summed E-state index contributed by atoms with van der Waals surface area (Å²) in [4.78, 5) is 0. The first kappa shape index (κ1) is 16.8. The summed E-state index contributed by atoms with van der Waals surface area (Å²) in [6.07, 6.45) is 6.26. The molecule has 20 heavy (non-hydrogen) atoms. The summed E-state index contributed by atoms with van der Waals surface area (Å²) in [7, 11) is -0.795. The van der Waals surface area contributed by atoms with E-state index in [0.717, 1.165) is 42.9 Å². The van der Waals surface area contributed by atoms with Gasteiger partial charge in [-0.15, -0.1) is 0 Å². The van der Waals surface area contributed by atoms with Crippen molar-refractivity contribution in [3.63, 3.8) is 0 Å². The van der Waals surface area contributed by atoms with Gasteiger partial charge in [-0.25, -0.2) is 0 Å². The van der Waals surface area contributed by atoms with Crippen LogP contribution in [-0.2, 0) is 6.42 Å². The molecule has 3 heteroatoms. The van der Waals surface area contributed by atoms with Crippen molar-refractivity contribution in [1.29, 1.82) is 0 Å². The van der Waals surface area contributed by atoms with Crippen molar-refractivity contribution in [2.24, 2.45) is 0 Å². The normalized spacial score (nSPS) is 10.7. The molecule has 0 saturated heterocycles. The van der Waals surface area contributed by atoms with Gasteiger partial charge in [0.1, 0.15) is 5.75 Å². The van der Waals surface area contributed by atoms with Crippen molar-refractivity contribution in [1.82, 2.24) is 0 Å². The van der Waals surface area contributed by atoms with E-state index in [-0.39, 0.29) is 0 Å². The lowest BCUT2D eigenvalue weighted by atomic mass is 10.00. The zero-order valence-corrected chi connectivity index (χ0v) is 14.3. The molecule has 0 aliphatic heterocycles. The second-order valence-electron chi connectivity index (χ2n) is 5.13. The lowest BCUT2D eigenvalue weighted by molar-refractivity contribution is 0.304. The highest BCUT2D eigenvalue weighted by molar-refractivity contribution is 6.49. The Hall–Kier alpha value is -1.22. The van der Waals surface area contributed by atoms with Gasteiger partial charge >= 0.3 is 0 Å². The van der Waals surface area contributed by atoms with Crippen LogP contribution < -0.4 is 9.16 Å². The highest BCUT2D eigenvalue weighted by Crippen LogP contribution is 2.36. The topological polar surface area (TPSA) is 18.5 Å². The minimum atomic E-state index is -0.795. The molecule has 0 unspecified atom stereocenters. The molecule has 0 heterocycles. The third-order valence-electron chi connectivity index (χ3n) is 3.03. The Labute approximate surface area is 125 Å². The summed E-state index contributed by atoms with van der Waals surface area (Å²) in [5, 5.41) is 0. The Morgan fingerprint density at radius 3 is 2.50 bits per heavy atom. The van der Waals surface area contributed by atoms with E-state index in [2.05, 4.69) is 39.6 Å². The van der Waals surface area contributed by atoms with Gasteiger partial charge in [-0.2, -0.15) is 0 Å². The maximum absolute atomic E-state index is 6.01. The van der Waals surface area contributed by atoms with Crippen molar-refractivity contribution in [3.05, 3.63) is 29.8 Å². The molecule has 0 saturated carbocycles. The molecule has 1 rings (SSSR count). The fraction of sp³-hybridized carbons (Fsp3) is 0.529. The van der Waals surface area contributed by atoms with Crippen LogP contribution in [0.2, 0.25) is 13.1 Å². The monoisotopic (exact) mass is 291 g/mol. The number of benzene rings is 1. The van der Waals surface area contributed by atoms with Crippen LogP contribution in [-0.4, -0.2) is 15.6 Å². The largest absolute Gasteiger partial charge is 0.540 e. The minimum absolute atomic E-state index is 0.728. The number of ether oxygens (including phenoxy) is 1. The van der Waals surface area contributed by atoms with Crippen LogP contribution in [0, 0.1) is 0 Å². The van der Waals surface area contributed by atoms with Crippen molar-refractivity contribution >= 4 is 15.1 Å². The first-order valence-electron chi connectivity index (χ1n) is 7.53. The molecule has 0 bridgehead atoms. The smallest absolute Gasteiger partial charge is 0.274 e. The molecule has 1 radical (unpaired) electrons. The van der Waals surface area contributed by atoms with Crippen LogP contribution in [0.25, 0.3) is 6.08 Å². The highest BCUT2D eigenvalue weighted by atomic mass is 28.3. The van der Waals surface area contributed by atoms with Gasteiger partial charge in [0.15, 0.2) is 5.75 Å². The average Bonchev–Trinajstić information content (AvgIpc) is 2.43. The van der Waals surface area contributed by atoms with Gasteiger partial charge in [0.25, 0.3) is 9.04 Å². The van der Waals surface area contributed by atoms with Crippen LogP contribution in [0.4, 0.5) is 0 Å². The summed E-state index contributed by atoms with van der Waals surface area (Å²) in [6.45, 7) is 13.3. The standard InChI is InChI=1S/C17H27O2Si/c1-6-9-10-15-14(8-3)11-12-16(19-20(4)5)17(15)18-13-7-2/h8,11-12H,3,6-7,9-10,13H2,1-2,4-5H3. The second kappa shape index (κ2) is 8.85. The second-order valence-corrected chi connectivity index (χ2v) is 7.15. The van der Waals surface area contributed by atoms with Gasteiger partial charge in [0, 0.05) is 5.56 Å². The fourth-order valence-corrected chi connectivity index (χ4v) is 2.69. The van der Waals surface area contributed by atoms with Gasteiger partial charge < -0.3 is 9.16 Å². The van der Waals surface area contributed by atoms with E-state index in [1.165, 1.54) is 12.0 Å². The lowest BCUT2D eigenvalue weighted by Crippen LogP contribution is -2.13. The molecule has 0 fully saturated rings. The van der Waals surface area contributed by atoms with Gasteiger partial charge in [0.2, 0.25) is 0 Å². The summed E-state index contributed by atoms with van der Waals surface area (Å²) in [5.41, 5.74) is 2.41. The Kier molecular flexibility index (Phi) is 7.45. The van der Waals surface area contributed by atoms with E-state index in [9.17, 15) is 0 Å². The molecule has 0 aliphatic carbocycles. The quantitative estimate of drug-likeness (QED) is 0.590.